The highest BCUT2D eigenvalue weighted by Crippen LogP contribution is 2.28. The maximum Gasteiger partial charge on any atom is 0.198 e. The molecule has 0 atom stereocenters. The van der Waals surface area contributed by atoms with Gasteiger partial charge >= 0.3 is 0 Å². The smallest absolute Gasteiger partial charge is 0.198 e. The molecule has 0 spiro atoms. The van der Waals surface area contributed by atoms with Crippen LogP contribution >= 0.6 is 15.9 Å². The van der Waals surface area contributed by atoms with E-state index < -0.39 is 17.4 Å². The molecule has 17 heavy (non-hydrogen) atoms. The van der Waals surface area contributed by atoms with Gasteiger partial charge < -0.3 is 4.74 Å². The Kier molecular flexibility index (Phi) is 3.68. The van der Waals surface area contributed by atoms with Gasteiger partial charge in [0, 0.05) is 11.5 Å². The van der Waals surface area contributed by atoms with E-state index in [1.807, 2.05) is 0 Å². The Morgan fingerprint density at radius 3 is 2.47 bits per heavy atom. The molecule has 2 aromatic rings. The molecule has 1 aromatic carbocycles. The van der Waals surface area contributed by atoms with Gasteiger partial charge in [-0.15, -0.1) is 0 Å². The third-order valence-electron chi connectivity index (χ3n) is 2.07. The Bertz CT molecular complexity index is 496. The monoisotopic (exact) mass is 299 g/mol. The van der Waals surface area contributed by atoms with E-state index in [9.17, 15) is 8.78 Å². The van der Waals surface area contributed by atoms with E-state index in [0.29, 0.717) is 10.9 Å². The molecule has 0 aliphatic rings. The van der Waals surface area contributed by atoms with E-state index in [4.69, 9.17) is 4.74 Å². The Labute approximate surface area is 105 Å². The standard InChI is InChI=1S/C12H8BrF2NO/c13-6-8-4-10(14)12(11(15)5-8)17-9-2-1-3-16-7-9/h1-5,7H,6H2. The molecular formula is C12H8BrF2NO. The van der Waals surface area contributed by atoms with Crippen LogP contribution in [0, 0.1) is 11.6 Å². The molecular weight excluding hydrogens is 292 g/mol. The largest absolute Gasteiger partial charge is 0.450 e. The first-order valence-electron chi connectivity index (χ1n) is 4.82. The Morgan fingerprint density at radius 1 is 1.24 bits per heavy atom. The minimum absolute atomic E-state index is 0.289. The fourth-order valence-corrected chi connectivity index (χ4v) is 1.64. The van der Waals surface area contributed by atoms with Gasteiger partial charge in [0.05, 0.1) is 6.20 Å². The fraction of sp³-hybridized carbons (Fsp3) is 0.0833. The lowest BCUT2D eigenvalue weighted by atomic mass is 10.2. The summed E-state index contributed by atoms with van der Waals surface area (Å²) in [6, 6.07) is 5.65. The summed E-state index contributed by atoms with van der Waals surface area (Å²) in [4.78, 5) is 3.80. The summed E-state index contributed by atoms with van der Waals surface area (Å²) in [5.41, 5.74) is 0.513. The molecule has 0 aliphatic heterocycles. The molecule has 0 saturated carbocycles. The lowest BCUT2D eigenvalue weighted by molar-refractivity contribution is 0.405. The number of ether oxygens (including phenoxy) is 1. The maximum absolute atomic E-state index is 13.6. The quantitative estimate of drug-likeness (QED) is 0.798. The van der Waals surface area contributed by atoms with Crippen molar-refractivity contribution in [1.29, 1.82) is 0 Å². The van der Waals surface area contributed by atoms with Crippen molar-refractivity contribution in [1.82, 2.24) is 4.98 Å². The first-order valence-corrected chi connectivity index (χ1v) is 5.94. The van der Waals surface area contributed by atoms with Crippen molar-refractivity contribution < 1.29 is 13.5 Å². The van der Waals surface area contributed by atoms with Gasteiger partial charge in [0.1, 0.15) is 5.75 Å². The summed E-state index contributed by atoms with van der Waals surface area (Å²) in [5.74, 6) is -1.59. The van der Waals surface area contributed by atoms with E-state index in [0.717, 1.165) is 0 Å². The topological polar surface area (TPSA) is 22.1 Å². The van der Waals surface area contributed by atoms with Gasteiger partial charge in [-0.3, -0.25) is 4.98 Å². The lowest BCUT2D eigenvalue weighted by Gasteiger charge is -2.08. The second-order valence-electron chi connectivity index (χ2n) is 3.31. The second-order valence-corrected chi connectivity index (χ2v) is 3.87. The molecule has 0 amide bonds. The van der Waals surface area contributed by atoms with E-state index in [1.165, 1.54) is 18.3 Å². The third kappa shape index (κ3) is 2.79. The van der Waals surface area contributed by atoms with Crippen LogP contribution in [-0.2, 0) is 5.33 Å². The highest BCUT2D eigenvalue weighted by Gasteiger charge is 2.13. The molecule has 0 saturated heterocycles. The molecule has 0 unspecified atom stereocenters. The predicted octanol–water partition coefficient (Wildman–Crippen LogP) is 4.05. The molecule has 0 radical (unpaired) electrons. The number of halogens is 3. The van der Waals surface area contributed by atoms with E-state index in [2.05, 4.69) is 20.9 Å². The number of benzene rings is 1. The number of nitrogens with zero attached hydrogens (tertiary/aromatic N) is 1. The zero-order valence-electron chi connectivity index (χ0n) is 8.66. The van der Waals surface area contributed by atoms with Crippen molar-refractivity contribution >= 4 is 15.9 Å². The van der Waals surface area contributed by atoms with Crippen molar-refractivity contribution in [3.05, 3.63) is 53.9 Å². The van der Waals surface area contributed by atoms with Crippen LogP contribution in [0.2, 0.25) is 0 Å². The van der Waals surface area contributed by atoms with E-state index >= 15 is 0 Å². The minimum Gasteiger partial charge on any atom is -0.450 e. The van der Waals surface area contributed by atoms with Gasteiger partial charge in [-0.2, -0.15) is 0 Å². The zero-order valence-corrected chi connectivity index (χ0v) is 10.2. The SMILES string of the molecule is Fc1cc(CBr)cc(F)c1Oc1cccnc1. The summed E-state index contributed by atoms with van der Waals surface area (Å²) < 4.78 is 32.3. The Morgan fingerprint density at radius 2 is 1.94 bits per heavy atom. The number of rotatable bonds is 3. The average Bonchev–Trinajstić information content (AvgIpc) is 2.35. The first-order chi connectivity index (χ1) is 8.20. The van der Waals surface area contributed by atoms with Crippen LogP contribution in [0.15, 0.2) is 36.7 Å². The van der Waals surface area contributed by atoms with E-state index in [1.54, 1.807) is 18.3 Å². The summed E-state index contributed by atoms with van der Waals surface area (Å²) in [6.45, 7) is 0. The average molecular weight is 300 g/mol. The summed E-state index contributed by atoms with van der Waals surface area (Å²) in [6.07, 6.45) is 2.94. The molecule has 0 bridgehead atoms. The second kappa shape index (κ2) is 5.23. The van der Waals surface area contributed by atoms with Gasteiger partial charge in [0.25, 0.3) is 0 Å². The molecule has 2 nitrogen and oxygen atoms in total. The lowest BCUT2D eigenvalue weighted by Crippen LogP contribution is -1.95. The Hall–Kier alpha value is -1.49. The fourth-order valence-electron chi connectivity index (χ4n) is 1.31. The maximum atomic E-state index is 13.6. The number of aromatic nitrogens is 1. The van der Waals surface area contributed by atoms with Crippen LogP contribution in [0.3, 0.4) is 0 Å². The highest BCUT2D eigenvalue weighted by atomic mass is 79.9. The number of hydrogen-bond donors (Lipinski definition) is 0. The van der Waals surface area contributed by atoms with Crippen molar-refractivity contribution in [3.8, 4) is 11.5 Å². The van der Waals surface area contributed by atoms with Crippen molar-refractivity contribution in [2.24, 2.45) is 0 Å². The van der Waals surface area contributed by atoms with Gasteiger partial charge in [0.15, 0.2) is 17.4 Å². The zero-order chi connectivity index (χ0) is 12.3. The van der Waals surface area contributed by atoms with Crippen LogP contribution in [0.25, 0.3) is 0 Å². The van der Waals surface area contributed by atoms with Crippen LogP contribution in [0.4, 0.5) is 8.78 Å². The molecule has 2 rings (SSSR count). The van der Waals surface area contributed by atoms with Crippen LogP contribution in [0.1, 0.15) is 5.56 Å². The van der Waals surface area contributed by atoms with E-state index in [-0.39, 0.29) is 5.75 Å². The van der Waals surface area contributed by atoms with Crippen LogP contribution in [0.5, 0.6) is 11.5 Å². The first kappa shape index (κ1) is 12.0. The van der Waals surface area contributed by atoms with Crippen molar-refractivity contribution in [3.63, 3.8) is 0 Å². The van der Waals surface area contributed by atoms with Crippen LogP contribution < -0.4 is 4.74 Å². The predicted molar refractivity (Wildman–Crippen MR) is 63.3 cm³/mol. The Balaban J connectivity index is 2.33. The van der Waals surface area contributed by atoms with Gasteiger partial charge in [-0.1, -0.05) is 15.9 Å². The number of alkyl halides is 1. The molecule has 88 valence electrons. The normalized spacial score (nSPS) is 10.3. The molecule has 0 aliphatic carbocycles. The summed E-state index contributed by atoms with van der Waals surface area (Å²) >= 11 is 3.13. The molecule has 0 fully saturated rings. The van der Waals surface area contributed by atoms with Gasteiger partial charge in [-0.05, 0) is 29.8 Å². The van der Waals surface area contributed by atoms with Crippen LogP contribution in [-0.4, -0.2) is 4.98 Å². The molecule has 5 heteroatoms. The highest BCUT2D eigenvalue weighted by molar-refractivity contribution is 9.08. The minimum atomic E-state index is -0.733. The third-order valence-corrected chi connectivity index (χ3v) is 2.71. The summed E-state index contributed by atoms with van der Waals surface area (Å²) in [5, 5.41) is 0.383. The number of pyridine rings is 1. The van der Waals surface area contributed by atoms with Crippen molar-refractivity contribution in [2.75, 3.05) is 0 Å². The number of hydrogen-bond acceptors (Lipinski definition) is 2. The molecule has 0 N–H and O–H groups in total. The molecule has 1 heterocycles. The molecule has 1 aromatic heterocycles. The van der Waals surface area contributed by atoms with Crippen molar-refractivity contribution in [2.45, 2.75) is 5.33 Å². The van der Waals surface area contributed by atoms with Gasteiger partial charge in [-0.25, -0.2) is 8.78 Å². The summed E-state index contributed by atoms with van der Waals surface area (Å²) in [7, 11) is 0. The van der Waals surface area contributed by atoms with Gasteiger partial charge in [0.2, 0.25) is 0 Å².